The minimum atomic E-state index is -2.98. The van der Waals surface area contributed by atoms with Gasteiger partial charge in [-0.3, -0.25) is 24.2 Å². The topological polar surface area (TPSA) is 146 Å². The maximum Gasteiger partial charge on any atom is 0.279 e. The predicted molar refractivity (Wildman–Crippen MR) is 142 cm³/mol. The van der Waals surface area contributed by atoms with E-state index in [2.05, 4.69) is 31.4 Å². The molecule has 2 aliphatic heterocycles. The largest absolute Gasteiger partial charge is 0.396 e. The van der Waals surface area contributed by atoms with Crippen molar-refractivity contribution < 1.29 is 18.4 Å². The van der Waals surface area contributed by atoms with Crippen LogP contribution in [0.15, 0.2) is 47.0 Å². The predicted octanol–water partition coefficient (Wildman–Crippen LogP) is 1.89. The fourth-order valence-electron chi connectivity index (χ4n) is 5.01. The van der Waals surface area contributed by atoms with Crippen LogP contribution in [0.5, 0.6) is 0 Å². The van der Waals surface area contributed by atoms with Crippen LogP contribution in [-0.2, 0) is 10.3 Å². The summed E-state index contributed by atoms with van der Waals surface area (Å²) >= 11 is 0. The summed E-state index contributed by atoms with van der Waals surface area (Å²) in [6.07, 6.45) is 4.73. The number of nitrogens with zero attached hydrogens (tertiary/aromatic N) is 7. The van der Waals surface area contributed by atoms with Crippen molar-refractivity contribution in [2.45, 2.75) is 56.7 Å². The molecule has 5 rings (SSSR count). The number of nitriles is 1. The molecule has 1 saturated carbocycles. The summed E-state index contributed by atoms with van der Waals surface area (Å²) in [5.74, 6) is -0.620. The summed E-state index contributed by atoms with van der Waals surface area (Å²) in [6, 6.07) is 7.32. The van der Waals surface area contributed by atoms with Gasteiger partial charge >= 0.3 is 0 Å². The number of nitrogens with two attached hydrogens (primary N) is 1. The molecule has 2 amide bonds. The van der Waals surface area contributed by atoms with Crippen LogP contribution >= 0.6 is 0 Å². The standard InChI is InChI=1S/C27H31F2N9O2/c1-17(39)36-9-5-20(6-10-36)37-14-19(15-37)32-12-23(24(31)25(28)29)35-26(40)22-4-2-3-21(34-22)18-11-33-38(13-18)27(16-30)7-8-27/h2-4,11-13,19-20,25H,5-10,14-15,31H2,1H3,(H,35,40). The Bertz CT molecular complexity index is 1380. The first kappa shape index (κ1) is 27.4. The first-order valence-electron chi connectivity index (χ1n) is 13.2. The van der Waals surface area contributed by atoms with Crippen molar-refractivity contribution in [2.75, 3.05) is 26.2 Å². The highest BCUT2D eigenvalue weighted by Gasteiger charge is 2.46. The first-order valence-corrected chi connectivity index (χ1v) is 13.2. The number of amides is 2. The second kappa shape index (κ2) is 11.1. The Morgan fingerprint density at radius 1 is 1.27 bits per heavy atom. The van der Waals surface area contributed by atoms with Gasteiger partial charge < -0.3 is 16.0 Å². The number of aliphatic imine (C=N–C) groups is 1. The summed E-state index contributed by atoms with van der Waals surface area (Å²) in [6.45, 7) is 4.37. The van der Waals surface area contributed by atoms with E-state index in [-0.39, 0.29) is 23.3 Å². The third-order valence-electron chi connectivity index (χ3n) is 7.76. The van der Waals surface area contributed by atoms with E-state index < -0.39 is 23.6 Å². The van der Waals surface area contributed by atoms with Crippen molar-refractivity contribution in [2.24, 2.45) is 10.7 Å². The molecule has 2 saturated heterocycles. The van der Waals surface area contributed by atoms with Crippen LogP contribution in [0.4, 0.5) is 8.78 Å². The van der Waals surface area contributed by atoms with Gasteiger partial charge in [-0.15, -0.1) is 0 Å². The van der Waals surface area contributed by atoms with Crippen LogP contribution in [0, 0.1) is 11.3 Å². The third kappa shape index (κ3) is 5.72. The van der Waals surface area contributed by atoms with Crippen molar-refractivity contribution in [3.8, 4) is 17.3 Å². The number of carbonyl (C=O) groups excluding carboxylic acids is 2. The highest BCUT2D eigenvalue weighted by molar-refractivity contribution is 5.98. The first-order chi connectivity index (χ1) is 19.2. The van der Waals surface area contributed by atoms with E-state index in [0.29, 0.717) is 30.4 Å². The van der Waals surface area contributed by atoms with E-state index in [1.54, 1.807) is 36.1 Å². The molecule has 4 heterocycles. The van der Waals surface area contributed by atoms with Crippen LogP contribution < -0.4 is 11.1 Å². The quantitative estimate of drug-likeness (QED) is 0.477. The van der Waals surface area contributed by atoms with E-state index in [0.717, 1.165) is 38.8 Å². The lowest BCUT2D eigenvalue weighted by atomic mass is 9.97. The Hall–Kier alpha value is -4.18. The van der Waals surface area contributed by atoms with Crippen molar-refractivity contribution in [3.05, 3.63) is 47.7 Å². The third-order valence-corrected chi connectivity index (χ3v) is 7.76. The molecule has 210 valence electrons. The normalized spacial score (nSPS) is 20.2. The van der Waals surface area contributed by atoms with E-state index in [1.165, 1.54) is 12.3 Å². The molecule has 0 spiro atoms. The summed E-state index contributed by atoms with van der Waals surface area (Å²) in [7, 11) is 0. The molecule has 0 unspecified atom stereocenters. The molecule has 0 aromatic carbocycles. The monoisotopic (exact) mass is 551 g/mol. The summed E-state index contributed by atoms with van der Waals surface area (Å²) in [5, 5.41) is 16.1. The number of pyridine rings is 1. The van der Waals surface area contributed by atoms with E-state index in [4.69, 9.17) is 5.73 Å². The summed E-state index contributed by atoms with van der Waals surface area (Å²) in [4.78, 5) is 37.4. The number of piperidine rings is 1. The van der Waals surface area contributed by atoms with Crippen LogP contribution in [0.2, 0.25) is 0 Å². The Morgan fingerprint density at radius 2 is 2.00 bits per heavy atom. The lowest BCUT2D eigenvalue weighted by Gasteiger charge is -2.45. The number of nitrogens with one attached hydrogen (secondary N) is 1. The minimum absolute atomic E-state index is 0.00589. The number of likely N-dealkylation sites (tertiary alicyclic amines) is 2. The SMILES string of the molecule is CC(=O)N1CCC(N2CC(N=CC(NC(=O)c3cccc(-c4cnn(C5(C#N)CC5)c4)n3)=C(N)C(F)F)C2)CC1. The molecule has 2 aromatic rings. The number of halogens is 2. The van der Waals surface area contributed by atoms with E-state index in [1.807, 2.05) is 4.90 Å². The fraction of sp³-hybridized carbons (Fsp3) is 0.481. The molecule has 2 aromatic heterocycles. The molecule has 3 aliphatic rings. The van der Waals surface area contributed by atoms with Gasteiger partial charge in [0.1, 0.15) is 16.9 Å². The Balaban J connectivity index is 1.22. The smallest absolute Gasteiger partial charge is 0.279 e. The van der Waals surface area contributed by atoms with E-state index >= 15 is 0 Å². The van der Waals surface area contributed by atoms with Gasteiger partial charge in [-0.1, -0.05) is 6.07 Å². The molecule has 0 bridgehead atoms. The van der Waals surface area contributed by atoms with Gasteiger partial charge in [-0.25, -0.2) is 13.8 Å². The molecular formula is C27H31F2N9O2. The second-order valence-corrected chi connectivity index (χ2v) is 10.5. The maximum absolute atomic E-state index is 13.5. The number of rotatable bonds is 8. The average Bonchev–Trinajstić information content (AvgIpc) is 3.58. The Morgan fingerprint density at radius 3 is 2.62 bits per heavy atom. The van der Waals surface area contributed by atoms with Crippen molar-refractivity contribution in [1.82, 2.24) is 29.9 Å². The lowest BCUT2D eigenvalue weighted by molar-refractivity contribution is -0.130. The molecular weight excluding hydrogens is 520 g/mol. The minimum Gasteiger partial charge on any atom is -0.396 e. The fourth-order valence-corrected chi connectivity index (χ4v) is 5.01. The lowest BCUT2D eigenvalue weighted by Crippen LogP contribution is -2.57. The van der Waals surface area contributed by atoms with Gasteiger partial charge in [0.15, 0.2) is 0 Å². The number of hydrogen-bond acceptors (Lipinski definition) is 8. The maximum atomic E-state index is 13.5. The van der Waals surface area contributed by atoms with Gasteiger partial charge in [-0.05, 0) is 37.8 Å². The molecule has 3 N–H and O–H groups in total. The number of aromatic nitrogens is 3. The van der Waals surface area contributed by atoms with E-state index in [9.17, 15) is 23.6 Å². The summed E-state index contributed by atoms with van der Waals surface area (Å²) < 4.78 is 28.6. The van der Waals surface area contributed by atoms with Crippen molar-refractivity contribution in [3.63, 3.8) is 0 Å². The van der Waals surface area contributed by atoms with Gasteiger partial charge in [0, 0.05) is 57.1 Å². The van der Waals surface area contributed by atoms with Crippen LogP contribution in [0.25, 0.3) is 11.3 Å². The van der Waals surface area contributed by atoms with Crippen LogP contribution in [0.1, 0.15) is 43.1 Å². The van der Waals surface area contributed by atoms with Gasteiger partial charge in [0.05, 0.1) is 29.7 Å². The number of allylic oxidation sites excluding steroid dienone is 2. The molecule has 3 fully saturated rings. The zero-order valence-electron chi connectivity index (χ0n) is 22.1. The number of hydrogen-bond donors (Lipinski definition) is 2. The Kier molecular flexibility index (Phi) is 7.62. The van der Waals surface area contributed by atoms with Gasteiger partial charge in [0.2, 0.25) is 5.91 Å². The van der Waals surface area contributed by atoms with Crippen LogP contribution in [-0.4, -0.2) is 87.3 Å². The molecule has 1 aliphatic carbocycles. The number of carbonyl (C=O) groups is 2. The van der Waals surface area contributed by atoms with Gasteiger partial charge in [0.25, 0.3) is 12.3 Å². The average molecular weight is 552 g/mol. The molecule has 0 atom stereocenters. The second-order valence-electron chi connectivity index (χ2n) is 10.5. The number of alkyl halides is 2. The van der Waals surface area contributed by atoms with Crippen molar-refractivity contribution >= 4 is 18.0 Å². The van der Waals surface area contributed by atoms with Crippen molar-refractivity contribution in [1.29, 1.82) is 5.26 Å². The Labute approximate surface area is 230 Å². The highest BCUT2D eigenvalue weighted by Crippen LogP contribution is 2.42. The van der Waals surface area contributed by atoms with Crippen LogP contribution in [0.3, 0.4) is 0 Å². The zero-order chi connectivity index (χ0) is 28.4. The molecule has 40 heavy (non-hydrogen) atoms. The zero-order valence-corrected chi connectivity index (χ0v) is 22.1. The highest BCUT2D eigenvalue weighted by atomic mass is 19.3. The molecule has 0 radical (unpaired) electrons. The van der Waals surface area contributed by atoms with Gasteiger partial charge in [-0.2, -0.15) is 10.4 Å². The molecule has 11 nitrogen and oxygen atoms in total. The summed E-state index contributed by atoms with van der Waals surface area (Å²) in [5.41, 5.74) is 5.04. The molecule has 13 heteroatoms.